The highest BCUT2D eigenvalue weighted by molar-refractivity contribution is 9.10. The zero-order chi connectivity index (χ0) is 28.0. The minimum absolute atomic E-state index is 0.0448. The SMILES string of the molecule is Cc1ccc(S(=O)(=O)NC[C@@H](c2ccccc2)N(/N=C/c2ccc(Br)cc2)S(=O)(=O)c2ccc(C)cc2)cc1. The third-order valence-corrected chi connectivity index (χ3v) is 9.68. The van der Waals surface area contributed by atoms with Crippen molar-refractivity contribution in [3.05, 3.63) is 130 Å². The molecular formula is C29H28BrN3O4S2. The van der Waals surface area contributed by atoms with Crippen LogP contribution in [0.3, 0.4) is 0 Å². The Hall–Kier alpha value is -3.31. The van der Waals surface area contributed by atoms with Gasteiger partial charge in [-0.3, -0.25) is 0 Å². The first kappa shape index (κ1) is 28.7. The van der Waals surface area contributed by atoms with E-state index in [1.54, 1.807) is 66.7 Å². The molecule has 0 saturated carbocycles. The van der Waals surface area contributed by atoms with Crippen molar-refractivity contribution >= 4 is 42.2 Å². The molecule has 7 nitrogen and oxygen atoms in total. The lowest BCUT2D eigenvalue weighted by molar-refractivity contribution is 0.337. The second-order valence-electron chi connectivity index (χ2n) is 8.98. The van der Waals surface area contributed by atoms with Gasteiger partial charge in [-0.05, 0) is 61.4 Å². The van der Waals surface area contributed by atoms with Crippen molar-refractivity contribution in [1.82, 2.24) is 9.14 Å². The molecule has 0 saturated heterocycles. The number of hydrazone groups is 1. The van der Waals surface area contributed by atoms with Gasteiger partial charge in [0.1, 0.15) is 6.04 Å². The average molecular weight is 627 g/mol. The van der Waals surface area contributed by atoms with Gasteiger partial charge >= 0.3 is 0 Å². The summed E-state index contributed by atoms with van der Waals surface area (Å²) in [4.78, 5) is 0.134. The molecule has 1 N–H and O–H groups in total. The molecule has 0 bridgehead atoms. The number of nitrogens with one attached hydrogen (secondary N) is 1. The minimum Gasteiger partial charge on any atom is -0.209 e. The first-order valence-corrected chi connectivity index (χ1v) is 15.8. The summed E-state index contributed by atoms with van der Waals surface area (Å²) in [6.07, 6.45) is 1.45. The maximum absolute atomic E-state index is 14.0. The van der Waals surface area contributed by atoms with Gasteiger partial charge in [0.15, 0.2) is 0 Å². The Morgan fingerprint density at radius 3 is 1.87 bits per heavy atom. The summed E-state index contributed by atoms with van der Waals surface area (Å²) in [6.45, 7) is 3.49. The van der Waals surface area contributed by atoms with Crippen LogP contribution in [0.4, 0.5) is 0 Å². The van der Waals surface area contributed by atoms with Crippen LogP contribution in [0.25, 0.3) is 0 Å². The normalized spacial score (nSPS) is 12.9. The van der Waals surface area contributed by atoms with Crippen LogP contribution in [0, 0.1) is 13.8 Å². The Labute approximate surface area is 238 Å². The molecule has 0 radical (unpaired) electrons. The zero-order valence-corrected chi connectivity index (χ0v) is 24.6. The van der Waals surface area contributed by atoms with Gasteiger partial charge in [-0.1, -0.05) is 93.8 Å². The van der Waals surface area contributed by atoms with Crippen molar-refractivity contribution in [3.63, 3.8) is 0 Å². The molecule has 4 rings (SSSR count). The summed E-state index contributed by atoms with van der Waals surface area (Å²) < 4.78 is 58.7. The summed E-state index contributed by atoms with van der Waals surface area (Å²) >= 11 is 3.39. The van der Waals surface area contributed by atoms with Gasteiger partial charge in [-0.25, -0.2) is 13.1 Å². The van der Waals surface area contributed by atoms with Crippen molar-refractivity contribution in [2.75, 3.05) is 6.54 Å². The van der Waals surface area contributed by atoms with Crippen LogP contribution in [-0.2, 0) is 20.0 Å². The quantitative estimate of drug-likeness (QED) is 0.178. The molecule has 0 heterocycles. The van der Waals surface area contributed by atoms with E-state index in [0.717, 1.165) is 20.0 Å². The van der Waals surface area contributed by atoms with Crippen LogP contribution >= 0.6 is 15.9 Å². The second-order valence-corrected chi connectivity index (χ2v) is 13.5. The summed E-state index contributed by atoms with van der Waals surface area (Å²) in [5, 5.41) is 4.43. The van der Waals surface area contributed by atoms with Crippen LogP contribution in [0.5, 0.6) is 0 Å². The van der Waals surface area contributed by atoms with E-state index in [2.05, 4.69) is 25.8 Å². The maximum Gasteiger partial charge on any atom is 0.279 e. The van der Waals surface area contributed by atoms with Crippen LogP contribution in [0.15, 0.2) is 122 Å². The third-order valence-electron chi connectivity index (χ3n) is 6.00. The second kappa shape index (κ2) is 12.3. The number of hydrogen-bond donors (Lipinski definition) is 1. The van der Waals surface area contributed by atoms with E-state index >= 15 is 0 Å². The molecule has 0 amide bonds. The van der Waals surface area contributed by atoms with Crippen LogP contribution in [-0.4, -0.2) is 34.0 Å². The Balaban J connectivity index is 1.78. The molecule has 4 aromatic rings. The first-order chi connectivity index (χ1) is 18.6. The van der Waals surface area contributed by atoms with Crippen LogP contribution < -0.4 is 4.72 Å². The Bertz CT molecular complexity index is 1640. The molecule has 0 aliphatic heterocycles. The predicted octanol–water partition coefficient (Wildman–Crippen LogP) is 5.81. The summed E-state index contributed by atoms with van der Waals surface area (Å²) in [7, 11) is -8.12. The fourth-order valence-electron chi connectivity index (χ4n) is 3.79. The number of benzene rings is 4. The molecule has 4 aromatic carbocycles. The Kier molecular flexibility index (Phi) is 9.01. The van der Waals surface area contributed by atoms with E-state index in [9.17, 15) is 16.8 Å². The van der Waals surface area contributed by atoms with E-state index in [0.29, 0.717) is 11.1 Å². The summed E-state index contributed by atoms with van der Waals surface area (Å²) in [6, 6.07) is 28.0. The Morgan fingerprint density at radius 2 is 1.31 bits per heavy atom. The zero-order valence-electron chi connectivity index (χ0n) is 21.4. The number of rotatable bonds is 10. The van der Waals surface area contributed by atoms with E-state index < -0.39 is 26.1 Å². The monoisotopic (exact) mass is 625 g/mol. The molecule has 202 valence electrons. The van der Waals surface area contributed by atoms with E-state index in [-0.39, 0.29) is 16.3 Å². The maximum atomic E-state index is 14.0. The lowest BCUT2D eigenvalue weighted by atomic mass is 10.1. The van der Waals surface area contributed by atoms with Gasteiger partial charge in [0.25, 0.3) is 10.0 Å². The molecule has 0 aromatic heterocycles. The van der Waals surface area contributed by atoms with Gasteiger partial charge in [-0.15, -0.1) is 0 Å². The fraction of sp³-hybridized carbons (Fsp3) is 0.138. The summed E-state index contributed by atoms with van der Waals surface area (Å²) in [5.41, 5.74) is 3.08. The van der Waals surface area contributed by atoms with Gasteiger partial charge in [0, 0.05) is 11.0 Å². The molecule has 39 heavy (non-hydrogen) atoms. The van der Waals surface area contributed by atoms with E-state index in [1.807, 2.05) is 26.0 Å². The van der Waals surface area contributed by atoms with Gasteiger partial charge in [0.2, 0.25) is 10.0 Å². The first-order valence-electron chi connectivity index (χ1n) is 12.1. The molecular weight excluding hydrogens is 598 g/mol. The van der Waals surface area contributed by atoms with Crippen molar-refractivity contribution in [2.45, 2.75) is 29.7 Å². The minimum atomic E-state index is -4.19. The van der Waals surface area contributed by atoms with Gasteiger partial charge in [0.05, 0.1) is 16.0 Å². The Morgan fingerprint density at radius 1 is 0.769 bits per heavy atom. The highest BCUT2D eigenvalue weighted by Gasteiger charge is 2.32. The third kappa shape index (κ3) is 7.21. The van der Waals surface area contributed by atoms with Crippen molar-refractivity contribution in [2.24, 2.45) is 5.10 Å². The van der Waals surface area contributed by atoms with Crippen LogP contribution in [0.2, 0.25) is 0 Å². The lowest BCUT2D eigenvalue weighted by Crippen LogP contribution is -2.39. The van der Waals surface area contributed by atoms with Crippen molar-refractivity contribution in [3.8, 4) is 0 Å². The molecule has 10 heteroatoms. The molecule has 0 unspecified atom stereocenters. The predicted molar refractivity (Wildman–Crippen MR) is 157 cm³/mol. The highest BCUT2D eigenvalue weighted by Crippen LogP contribution is 2.29. The van der Waals surface area contributed by atoms with E-state index in [1.165, 1.54) is 30.5 Å². The molecule has 0 aliphatic carbocycles. The average Bonchev–Trinajstić information content (AvgIpc) is 2.92. The smallest absolute Gasteiger partial charge is 0.209 e. The molecule has 0 spiro atoms. The number of sulfonamides is 2. The topological polar surface area (TPSA) is 95.9 Å². The van der Waals surface area contributed by atoms with Crippen molar-refractivity contribution in [1.29, 1.82) is 0 Å². The van der Waals surface area contributed by atoms with Crippen molar-refractivity contribution < 1.29 is 16.8 Å². The number of halogens is 1. The highest BCUT2D eigenvalue weighted by atomic mass is 79.9. The van der Waals surface area contributed by atoms with Crippen LogP contribution in [0.1, 0.15) is 28.3 Å². The van der Waals surface area contributed by atoms with E-state index in [4.69, 9.17) is 0 Å². The number of nitrogens with zero attached hydrogens (tertiary/aromatic N) is 2. The number of aryl methyl sites for hydroxylation is 2. The van der Waals surface area contributed by atoms with Gasteiger partial charge in [-0.2, -0.15) is 17.9 Å². The summed E-state index contributed by atoms with van der Waals surface area (Å²) in [5.74, 6) is 0. The molecule has 0 aliphatic rings. The molecule has 1 atom stereocenters. The molecule has 0 fully saturated rings. The van der Waals surface area contributed by atoms with Gasteiger partial charge < -0.3 is 0 Å². The number of hydrogen-bond acceptors (Lipinski definition) is 5. The fourth-order valence-corrected chi connectivity index (χ4v) is 6.49. The largest absolute Gasteiger partial charge is 0.279 e. The standard InChI is InChI=1S/C29H28BrN3O4S2/c1-22-8-16-27(17-9-22)38(34,35)32-21-29(25-6-4-3-5-7-25)33(31-20-24-12-14-26(30)15-13-24)39(36,37)28-18-10-23(2)11-19-28/h3-20,29,32H,21H2,1-2H3/b31-20+/t29-/m0/s1. The lowest BCUT2D eigenvalue weighted by Gasteiger charge is -2.29.